The number of amides is 1. The van der Waals surface area contributed by atoms with Gasteiger partial charge in [-0.3, -0.25) is 14.5 Å². The second-order valence-electron chi connectivity index (χ2n) is 5.94. The van der Waals surface area contributed by atoms with E-state index >= 15 is 0 Å². The molecule has 0 fully saturated rings. The minimum absolute atomic E-state index is 0.0693. The Morgan fingerprint density at radius 1 is 1.23 bits per heavy atom. The number of aromatic amines is 1. The number of benzene rings is 2. The number of para-hydroxylation sites is 1. The van der Waals surface area contributed by atoms with Crippen molar-refractivity contribution >= 4 is 23.8 Å². The number of nitrogens with one attached hydrogen (secondary N) is 2. The van der Waals surface area contributed by atoms with Crippen molar-refractivity contribution in [2.75, 3.05) is 12.4 Å². The summed E-state index contributed by atoms with van der Waals surface area (Å²) in [4.78, 5) is 12.6. The predicted molar refractivity (Wildman–Crippen MR) is 103 cm³/mol. The van der Waals surface area contributed by atoms with Crippen LogP contribution in [0.3, 0.4) is 0 Å². The lowest BCUT2D eigenvalue weighted by atomic mass is 10.1. The number of rotatable bonds is 6. The minimum Gasteiger partial charge on any atom is -0.380 e. The van der Waals surface area contributed by atoms with Gasteiger partial charge >= 0.3 is 0 Å². The summed E-state index contributed by atoms with van der Waals surface area (Å²) in [6.07, 6.45) is 0. The maximum atomic E-state index is 12.6. The monoisotopic (exact) mass is 368 g/mol. The average molecular weight is 368 g/mol. The highest BCUT2D eigenvalue weighted by molar-refractivity contribution is 7.71. The van der Waals surface area contributed by atoms with E-state index in [1.165, 1.54) is 0 Å². The SMILES string of the molecule is COCc1ccccc1NC(=O)Cn1c(-c2ccc(C)cc2)n[nH]c1=S. The molecular weight excluding hydrogens is 348 g/mol. The molecule has 0 saturated heterocycles. The molecule has 7 heteroatoms. The Morgan fingerprint density at radius 2 is 1.96 bits per heavy atom. The van der Waals surface area contributed by atoms with Crippen LogP contribution in [0.4, 0.5) is 5.69 Å². The lowest BCUT2D eigenvalue weighted by molar-refractivity contribution is -0.116. The van der Waals surface area contributed by atoms with E-state index in [2.05, 4.69) is 15.5 Å². The number of H-pyrrole nitrogens is 1. The maximum Gasteiger partial charge on any atom is 0.244 e. The second-order valence-corrected chi connectivity index (χ2v) is 6.33. The van der Waals surface area contributed by atoms with E-state index in [-0.39, 0.29) is 12.5 Å². The van der Waals surface area contributed by atoms with Gasteiger partial charge in [0.2, 0.25) is 5.91 Å². The van der Waals surface area contributed by atoms with E-state index in [1.807, 2.05) is 55.5 Å². The van der Waals surface area contributed by atoms with Gasteiger partial charge < -0.3 is 10.1 Å². The van der Waals surface area contributed by atoms with E-state index in [4.69, 9.17) is 17.0 Å². The molecule has 0 aliphatic rings. The quantitative estimate of drug-likeness (QED) is 0.651. The molecule has 0 aliphatic heterocycles. The molecule has 2 aromatic carbocycles. The molecule has 3 rings (SSSR count). The van der Waals surface area contributed by atoms with E-state index in [0.717, 1.165) is 22.4 Å². The summed E-state index contributed by atoms with van der Waals surface area (Å²) in [5, 5.41) is 9.96. The summed E-state index contributed by atoms with van der Waals surface area (Å²) in [5.74, 6) is 0.453. The highest BCUT2D eigenvalue weighted by Gasteiger charge is 2.13. The first-order valence-electron chi connectivity index (χ1n) is 8.17. The van der Waals surface area contributed by atoms with Crippen LogP contribution in [-0.4, -0.2) is 27.8 Å². The summed E-state index contributed by atoms with van der Waals surface area (Å²) >= 11 is 5.29. The number of nitrogens with zero attached hydrogens (tertiary/aromatic N) is 2. The number of carbonyl (C=O) groups is 1. The van der Waals surface area contributed by atoms with Gasteiger partial charge in [0.15, 0.2) is 10.6 Å². The first-order chi connectivity index (χ1) is 12.6. The molecule has 0 radical (unpaired) electrons. The van der Waals surface area contributed by atoms with E-state index < -0.39 is 0 Å². The minimum atomic E-state index is -0.181. The number of carbonyl (C=O) groups excluding carboxylic acids is 1. The van der Waals surface area contributed by atoms with E-state index in [0.29, 0.717) is 17.2 Å². The van der Waals surface area contributed by atoms with Crippen LogP contribution in [-0.2, 0) is 22.7 Å². The van der Waals surface area contributed by atoms with Crippen LogP contribution in [0.25, 0.3) is 11.4 Å². The summed E-state index contributed by atoms with van der Waals surface area (Å²) in [6.45, 7) is 2.52. The maximum absolute atomic E-state index is 12.6. The molecular formula is C19H20N4O2S. The van der Waals surface area contributed by atoms with Gasteiger partial charge in [-0.05, 0) is 25.2 Å². The second kappa shape index (κ2) is 8.07. The third kappa shape index (κ3) is 4.07. The van der Waals surface area contributed by atoms with Crippen molar-refractivity contribution in [3.05, 3.63) is 64.4 Å². The number of hydrogen-bond donors (Lipinski definition) is 2. The van der Waals surface area contributed by atoms with Gasteiger partial charge in [0.25, 0.3) is 0 Å². The van der Waals surface area contributed by atoms with Gasteiger partial charge in [-0.25, -0.2) is 0 Å². The Kier molecular flexibility index (Phi) is 5.60. The molecule has 0 bridgehead atoms. The van der Waals surface area contributed by atoms with Crippen molar-refractivity contribution in [3.63, 3.8) is 0 Å². The Bertz CT molecular complexity index is 960. The molecule has 0 atom stereocenters. The van der Waals surface area contributed by atoms with Gasteiger partial charge in [-0.1, -0.05) is 48.0 Å². The fourth-order valence-corrected chi connectivity index (χ4v) is 2.84. The number of anilines is 1. The number of methoxy groups -OCH3 is 1. The zero-order valence-corrected chi connectivity index (χ0v) is 15.5. The summed E-state index contributed by atoms with van der Waals surface area (Å²) in [5.41, 5.74) is 3.70. The van der Waals surface area contributed by atoms with Gasteiger partial charge in [0.1, 0.15) is 6.54 Å². The molecule has 134 valence electrons. The Balaban J connectivity index is 1.81. The smallest absolute Gasteiger partial charge is 0.244 e. The molecule has 3 aromatic rings. The highest BCUT2D eigenvalue weighted by atomic mass is 32.1. The third-order valence-corrected chi connectivity index (χ3v) is 4.27. The topological polar surface area (TPSA) is 71.9 Å². The molecule has 26 heavy (non-hydrogen) atoms. The van der Waals surface area contributed by atoms with Gasteiger partial charge in [0, 0.05) is 23.9 Å². The summed E-state index contributed by atoms with van der Waals surface area (Å²) in [7, 11) is 1.62. The fraction of sp³-hybridized carbons (Fsp3) is 0.211. The van der Waals surface area contributed by atoms with Crippen LogP contribution in [0.5, 0.6) is 0 Å². The van der Waals surface area contributed by atoms with Crippen LogP contribution in [0.15, 0.2) is 48.5 Å². The molecule has 6 nitrogen and oxygen atoms in total. The lowest BCUT2D eigenvalue weighted by Crippen LogP contribution is -2.20. The number of hydrogen-bond acceptors (Lipinski definition) is 4. The Morgan fingerprint density at radius 3 is 2.69 bits per heavy atom. The molecule has 0 unspecified atom stereocenters. The van der Waals surface area contributed by atoms with Crippen molar-refractivity contribution in [2.24, 2.45) is 0 Å². The average Bonchev–Trinajstić information content (AvgIpc) is 2.98. The van der Waals surface area contributed by atoms with Crippen LogP contribution < -0.4 is 5.32 Å². The highest BCUT2D eigenvalue weighted by Crippen LogP contribution is 2.19. The van der Waals surface area contributed by atoms with Crippen LogP contribution >= 0.6 is 12.2 Å². The van der Waals surface area contributed by atoms with Gasteiger partial charge in [-0.2, -0.15) is 5.10 Å². The third-order valence-electron chi connectivity index (χ3n) is 3.96. The summed E-state index contributed by atoms with van der Waals surface area (Å²) < 4.78 is 7.27. The molecule has 1 aromatic heterocycles. The van der Waals surface area contributed by atoms with Gasteiger partial charge in [0.05, 0.1) is 6.61 Å². The van der Waals surface area contributed by atoms with Gasteiger partial charge in [-0.15, -0.1) is 0 Å². The van der Waals surface area contributed by atoms with Crippen LogP contribution in [0.2, 0.25) is 0 Å². The molecule has 2 N–H and O–H groups in total. The molecule has 1 heterocycles. The van der Waals surface area contributed by atoms with Crippen molar-refractivity contribution in [2.45, 2.75) is 20.1 Å². The zero-order chi connectivity index (χ0) is 18.5. The van der Waals surface area contributed by atoms with Crippen LogP contribution in [0, 0.1) is 11.7 Å². The van der Waals surface area contributed by atoms with Crippen molar-refractivity contribution in [1.29, 1.82) is 0 Å². The van der Waals surface area contributed by atoms with Crippen molar-refractivity contribution in [3.8, 4) is 11.4 Å². The number of aromatic nitrogens is 3. The first kappa shape index (κ1) is 18.0. The predicted octanol–water partition coefficient (Wildman–Crippen LogP) is 3.70. The molecule has 0 aliphatic carbocycles. The number of aryl methyl sites for hydroxylation is 1. The zero-order valence-electron chi connectivity index (χ0n) is 14.7. The summed E-state index contributed by atoms with van der Waals surface area (Å²) in [6, 6.07) is 15.5. The molecule has 1 amide bonds. The number of ether oxygens (including phenoxy) is 1. The normalized spacial score (nSPS) is 10.7. The molecule has 0 saturated carbocycles. The van der Waals surface area contributed by atoms with E-state index in [1.54, 1.807) is 11.7 Å². The Labute approximate surface area is 156 Å². The largest absolute Gasteiger partial charge is 0.380 e. The van der Waals surface area contributed by atoms with Crippen molar-refractivity contribution < 1.29 is 9.53 Å². The van der Waals surface area contributed by atoms with E-state index in [9.17, 15) is 4.79 Å². The van der Waals surface area contributed by atoms with Crippen LogP contribution in [0.1, 0.15) is 11.1 Å². The fourth-order valence-electron chi connectivity index (χ4n) is 2.64. The lowest BCUT2D eigenvalue weighted by Gasteiger charge is -2.11. The Hall–Kier alpha value is -2.77. The van der Waals surface area contributed by atoms with Crippen molar-refractivity contribution in [1.82, 2.24) is 14.8 Å². The molecule has 0 spiro atoms. The standard InChI is InChI=1S/C19H20N4O2S/c1-13-7-9-14(10-8-13)18-21-22-19(26)23(18)11-17(24)20-16-6-4-3-5-15(16)12-25-2/h3-10H,11-12H2,1-2H3,(H,20,24)(H,22,26). The first-order valence-corrected chi connectivity index (χ1v) is 8.58.